The fourth-order valence-corrected chi connectivity index (χ4v) is 3.93. The number of hydrogen-bond donors (Lipinski definition) is 1. The molecule has 138 valence electrons. The van der Waals surface area contributed by atoms with Crippen molar-refractivity contribution in [3.63, 3.8) is 0 Å². The van der Waals surface area contributed by atoms with E-state index >= 15 is 0 Å². The largest absolute Gasteiger partial charge is 0.508 e. The summed E-state index contributed by atoms with van der Waals surface area (Å²) in [6, 6.07) is 17.0. The van der Waals surface area contributed by atoms with E-state index < -0.39 is 11.6 Å². The summed E-state index contributed by atoms with van der Waals surface area (Å²) in [5, 5.41) is 9.61. The molecule has 0 amide bonds. The van der Waals surface area contributed by atoms with Gasteiger partial charge in [0.05, 0.1) is 0 Å². The number of hydrogen-bond acceptors (Lipinski definition) is 1. The molecule has 1 nitrogen and oxygen atoms in total. The van der Waals surface area contributed by atoms with Crippen LogP contribution in [0.25, 0.3) is 0 Å². The van der Waals surface area contributed by atoms with Crippen LogP contribution in [0, 0.1) is 6.92 Å². The molecule has 0 fully saturated rings. The Labute approximate surface area is 156 Å². The van der Waals surface area contributed by atoms with Gasteiger partial charge >= 0.3 is 6.18 Å². The molecule has 1 unspecified atom stereocenters. The van der Waals surface area contributed by atoms with E-state index in [1.807, 2.05) is 13.0 Å². The molecule has 0 aromatic heterocycles. The Balaban J connectivity index is 2.06. The second-order valence-corrected chi connectivity index (χ2v) is 7.14. The van der Waals surface area contributed by atoms with Crippen LogP contribution in [0.2, 0.25) is 0 Å². The molecule has 0 spiro atoms. The van der Waals surface area contributed by atoms with Crippen LogP contribution in [0.1, 0.15) is 33.4 Å². The van der Waals surface area contributed by atoms with E-state index in [2.05, 4.69) is 0 Å². The molecule has 0 heterocycles. The minimum atomic E-state index is -4.56. The van der Waals surface area contributed by atoms with Gasteiger partial charge in [0.2, 0.25) is 0 Å². The van der Waals surface area contributed by atoms with Crippen molar-refractivity contribution in [1.82, 2.24) is 0 Å². The van der Waals surface area contributed by atoms with Gasteiger partial charge in [0.1, 0.15) is 11.2 Å². The Kier molecular flexibility index (Phi) is 4.02. The molecule has 4 rings (SSSR count). The monoisotopic (exact) mass is 368 g/mol. The number of halogens is 3. The highest BCUT2D eigenvalue weighted by Gasteiger charge is 2.58. The molecular weight excluding hydrogens is 349 g/mol. The van der Waals surface area contributed by atoms with Crippen molar-refractivity contribution < 1.29 is 18.3 Å². The maximum absolute atomic E-state index is 14.8. The van der Waals surface area contributed by atoms with Crippen molar-refractivity contribution in [2.24, 2.45) is 0 Å². The van der Waals surface area contributed by atoms with E-state index in [4.69, 9.17) is 0 Å². The third-order valence-electron chi connectivity index (χ3n) is 5.51. The normalized spacial score (nSPS) is 15.6. The second kappa shape index (κ2) is 6.15. The molecule has 0 bridgehead atoms. The highest BCUT2D eigenvalue weighted by Crippen LogP contribution is 2.52. The highest BCUT2D eigenvalue weighted by molar-refractivity contribution is 5.56. The van der Waals surface area contributed by atoms with Gasteiger partial charge in [0.15, 0.2) is 0 Å². The van der Waals surface area contributed by atoms with Crippen molar-refractivity contribution in [1.29, 1.82) is 0 Å². The predicted molar refractivity (Wildman–Crippen MR) is 99.1 cm³/mol. The summed E-state index contributed by atoms with van der Waals surface area (Å²) in [6.07, 6.45) is -2.84. The van der Waals surface area contributed by atoms with Crippen LogP contribution in [0.4, 0.5) is 13.2 Å². The van der Waals surface area contributed by atoms with Crippen LogP contribution < -0.4 is 0 Å². The molecule has 0 saturated carbocycles. The number of rotatable bonds is 3. The first kappa shape index (κ1) is 17.7. The zero-order valence-corrected chi connectivity index (χ0v) is 14.8. The minimum absolute atomic E-state index is 0.0594. The van der Waals surface area contributed by atoms with Gasteiger partial charge in [-0.15, -0.1) is 0 Å². The molecular formula is C23H19F3O. The van der Waals surface area contributed by atoms with E-state index in [1.54, 1.807) is 36.4 Å². The molecule has 0 aliphatic heterocycles. The van der Waals surface area contributed by atoms with E-state index in [-0.39, 0.29) is 22.4 Å². The Morgan fingerprint density at radius 3 is 1.70 bits per heavy atom. The van der Waals surface area contributed by atoms with Crippen LogP contribution in [0.3, 0.4) is 0 Å². The van der Waals surface area contributed by atoms with Crippen molar-refractivity contribution in [3.8, 4) is 5.75 Å². The van der Waals surface area contributed by atoms with E-state index in [9.17, 15) is 18.3 Å². The molecule has 1 N–H and O–H groups in total. The number of alkyl halides is 3. The van der Waals surface area contributed by atoms with Crippen LogP contribution >= 0.6 is 0 Å². The fraction of sp³-hybridized carbons (Fsp3) is 0.217. The van der Waals surface area contributed by atoms with Crippen molar-refractivity contribution >= 4 is 0 Å². The number of fused-ring (bicyclic) bond motifs is 1. The van der Waals surface area contributed by atoms with Crippen LogP contribution in [-0.2, 0) is 18.3 Å². The Bertz CT molecular complexity index is 925. The van der Waals surface area contributed by atoms with E-state index in [0.717, 1.165) is 29.5 Å². The molecule has 27 heavy (non-hydrogen) atoms. The number of phenols is 1. The standard InChI is InChI=1S/C23H19F3O/c1-15-2-7-18(8-3-15)22(23(24,25)26,19-10-12-21(27)13-11-19)20-9-6-16-4-5-17(16)14-20/h2-3,6-14,27H,4-5H2,1H3. The maximum Gasteiger partial charge on any atom is 0.406 e. The van der Waals surface area contributed by atoms with Crippen LogP contribution in [0.5, 0.6) is 5.75 Å². The zero-order valence-electron chi connectivity index (χ0n) is 14.8. The number of phenolic OH excluding ortho intramolecular Hbond substituents is 1. The SMILES string of the molecule is Cc1ccc(C(c2ccc(O)cc2)(c2ccc3c(c2)CC3)C(F)(F)F)cc1. The topological polar surface area (TPSA) is 20.2 Å². The first-order chi connectivity index (χ1) is 12.8. The van der Waals surface area contributed by atoms with Crippen LogP contribution in [-0.4, -0.2) is 11.3 Å². The molecule has 1 atom stereocenters. The molecule has 3 aromatic rings. The zero-order chi connectivity index (χ0) is 19.2. The average Bonchev–Trinajstić information content (AvgIpc) is 2.59. The first-order valence-corrected chi connectivity index (χ1v) is 8.88. The van der Waals surface area contributed by atoms with Crippen molar-refractivity contribution in [3.05, 3.63) is 100 Å². The van der Waals surface area contributed by atoms with Gasteiger partial charge in [-0.1, -0.05) is 60.2 Å². The molecule has 0 saturated heterocycles. The van der Waals surface area contributed by atoms with E-state index in [0.29, 0.717) is 0 Å². The van der Waals surface area contributed by atoms with Crippen LogP contribution in [0.15, 0.2) is 66.7 Å². The van der Waals surface area contributed by atoms with Gasteiger partial charge in [-0.2, -0.15) is 13.2 Å². The third kappa shape index (κ3) is 2.71. The van der Waals surface area contributed by atoms with Gasteiger partial charge in [0.25, 0.3) is 0 Å². The minimum Gasteiger partial charge on any atom is -0.508 e. The van der Waals surface area contributed by atoms with Gasteiger partial charge in [-0.05, 0) is 59.7 Å². The van der Waals surface area contributed by atoms with Gasteiger partial charge in [-0.25, -0.2) is 0 Å². The van der Waals surface area contributed by atoms with Gasteiger partial charge < -0.3 is 5.11 Å². The highest BCUT2D eigenvalue weighted by atomic mass is 19.4. The fourth-order valence-electron chi connectivity index (χ4n) is 3.93. The lowest BCUT2D eigenvalue weighted by Gasteiger charge is -2.38. The molecule has 3 aromatic carbocycles. The number of aromatic hydroxyl groups is 1. The lowest BCUT2D eigenvalue weighted by atomic mass is 9.67. The quantitative estimate of drug-likeness (QED) is 0.588. The number of aryl methyl sites for hydroxylation is 3. The first-order valence-electron chi connectivity index (χ1n) is 8.88. The summed E-state index contributed by atoms with van der Waals surface area (Å²) < 4.78 is 44.5. The summed E-state index contributed by atoms with van der Waals surface area (Å²) in [7, 11) is 0. The molecule has 0 radical (unpaired) electrons. The summed E-state index contributed by atoms with van der Waals surface area (Å²) in [5.74, 6) is -0.0594. The predicted octanol–water partition coefficient (Wildman–Crippen LogP) is 5.70. The Morgan fingerprint density at radius 1 is 0.704 bits per heavy atom. The van der Waals surface area contributed by atoms with Gasteiger partial charge in [-0.3, -0.25) is 0 Å². The summed E-state index contributed by atoms with van der Waals surface area (Å²) in [6.45, 7) is 1.85. The summed E-state index contributed by atoms with van der Waals surface area (Å²) in [4.78, 5) is 0. The third-order valence-corrected chi connectivity index (χ3v) is 5.51. The smallest absolute Gasteiger partial charge is 0.406 e. The summed E-state index contributed by atoms with van der Waals surface area (Å²) in [5.41, 5.74) is 1.18. The average molecular weight is 368 g/mol. The van der Waals surface area contributed by atoms with Gasteiger partial charge in [0, 0.05) is 0 Å². The Morgan fingerprint density at radius 2 is 1.22 bits per heavy atom. The molecule has 4 heteroatoms. The van der Waals surface area contributed by atoms with Crippen molar-refractivity contribution in [2.45, 2.75) is 31.4 Å². The maximum atomic E-state index is 14.8. The second-order valence-electron chi connectivity index (χ2n) is 7.14. The van der Waals surface area contributed by atoms with Crippen molar-refractivity contribution in [2.75, 3.05) is 0 Å². The lowest BCUT2D eigenvalue weighted by molar-refractivity contribution is -0.166. The molecule has 1 aliphatic rings. The van der Waals surface area contributed by atoms with E-state index in [1.165, 1.54) is 24.3 Å². The molecule has 1 aliphatic carbocycles. The number of benzene rings is 3. The Hall–Kier alpha value is -2.75. The lowest BCUT2D eigenvalue weighted by Crippen LogP contribution is -2.44. The summed E-state index contributed by atoms with van der Waals surface area (Å²) >= 11 is 0.